The average Bonchev–Trinajstić information content (AvgIpc) is 2.52. The van der Waals surface area contributed by atoms with E-state index in [4.69, 9.17) is 22.1 Å². The summed E-state index contributed by atoms with van der Waals surface area (Å²) >= 11 is 7.80. The third-order valence-corrected chi connectivity index (χ3v) is 5.78. The normalized spacial score (nSPS) is 31.3. The second-order valence-electron chi connectivity index (χ2n) is 5.22. The Balaban J connectivity index is 1.60. The van der Waals surface area contributed by atoms with E-state index in [1.807, 2.05) is 30.3 Å². The van der Waals surface area contributed by atoms with Gasteiger partial charge in [0.1, 0.15) is 18.0 Å². The van der Waals surface area contributed by atoms with Crippen molar-refractivity contribution in [2.75, 3.05) is 12.3 Å². The molecule has 21 heavy (non-hydrogen) atoms. The molecule has 0 aromatic heterocycles. The van der Waals surface area contributed by atoms with E-state index in [1.54, 1.807) is 4.90 Å². The molecule has 3 rings (SSSR count). The Hall–Kier alpha value is -1.24. The minimum absolute atomic E-state index is 0.0636. The van der Waals surface area contributed by atoms with Gasteiger partial charge >= 0.3 is 5.97 Å². The summed E-state index contributed by atoms with van der Waals surface area (Å²) in [6.45, 7) is 0.335. The fourth-order valence-corrected chi connectivity index (χ4v) is 4.12. The molecule has 0 radical (unpaired) electrons. The van der Waals surface area contributed by atoms with Crippen molar-refractivity contribution in [2.45, 2.75) is 22.9 Å². The number of thioether (sulfide) groups is 1. The van der Waals surface area contributed by atoms with E-state index in [2.05, 4.69) is 0 Å². The second-order valence-corrected chi connectivity index (χ2v) is 7.05. The Labute approximate surface area is 131 Å². The van der Waals surface area contributed by atoms with Crippen molar-refractivity contribution in [1.82, 2.24) is 4.90 Å². The molecular weight excluding hydrogens is 312 g/mol. The van der Waals surface area contributed by atoms with E-state index in [0.717, 1.165) is 5.56 Å². The van der Waals surface area contributed by atoms with Crippen molar-refractivity contribution >= 4 is 35.2 Å². The summed E-state index contributed by atoms with van der Waals surface area (Å²) in [6, 6.07) is 8.92. The first kappa shape index (κ1) is 14.7. The van der Waals surface area contributed by atoms with E-state index in [9.17, 15) is 9.59 Å². The zero-order valence-electron chi connectivity index (χ0n) is 11.2. The van der Waals surface area contributed by atoms with Gasteiger partial charge in [-0.3, -0.25) is 9.59 Å². The topological polar surface area (TPSA) is 72.6 Å². The lowest BCUT2D eigenvalue weighted by Crippen LogP contribution is -2.72. The van der Waals surface area contributed by atoms with Crippen LogP contribution in [0.25, 0.3) is 0 Å². The molecule has 112 valence electrons. The molecule has 0 aliphatic carbocycles. The Morgan fingerprint density at radius 3 is 2.90 bits per heavy atom. The number of fused-ring (bicyclic) bond motifs is 1. The minimum Gasteiger partial charge on any atom is -0.459 e. The molecule has 2 aliphatic rings. The monoisotopic (exact) mass is 326 g/mol. The molecule has 3 atom stereocenters. The number of benzene rings is 1. The molecular formula is C14H15ClN2O3S. The van der Waals surface area contributed by atoms with E-state index in [-0.39, 0.29) is 24.4 Å². The second kappa shape index (κ2) is 5.51. The average molecular weight is 327 g/mol. The van der Waals surface area contributed by atoms with Crippen molar-refractivity contribution in [3.05, 3.63) is 35.9 Å². The van der Waals surface area contributed by atoms with Crippen LogP contribution in [0, 0.1) is 0 Å². The quantitative estimate of drug-likeness (QED) is 0.508. The van der Waals surface area contributed by atoms with Crippen LogP contribution in [-0.4, -0.2) is 45.4 Å². The highest BCUT2D eigenvalue weighted by Crippen LogP contribution is 2.40. The number of ether oxygens (including phenoxy) is 1. The molecule has 1 amide bonds. The number of β-lactam (4-membered cyclic amide) rings is 1. The molecule has 2 N–H and O–H groups in total. The third-order valence-electron chi connectivity index (χ3n) is 3.67. The predicted octanol–water partition coefficient (Wildman–Crippen LogP) is 0.950. The molecule has 0 spiro atoms. The maximum absolute atomic E-state index is 12.2. The van der Waals surface area contributed by atoms with E-state index in [1.165, 1.54) is 11.8 Å². The molecule has 0 saturated carbocycles. The first-order chi connectivity index (χ1) is 10.0. The van der Waals surface area contributed by atoms with E-state index >= 15 is 0 Å². The maximum atomic E-state index is 12.2. The number of amides is 1. The smallest absolute Gasteiger partial charge is 0.330 e. The molecule has 2 aliphatic heterocycles. The number of esters is 1. The summed E-state index contributed by atoms with van der Waals surface area (Å²) in [4.78, 5) is 24.2. The van der Waals surface area contributed by atoms with Crippen LogP contribution in [0.4, 0.5) is 0 Å². The molecule has 2 heterocycles. The number of hydrogen-bond acceptors (Lipinski definition) is 5. The molecule has 5 nitrogen and oxygen atoms in total. The Bertz CT molecular complexity index is 571. The highest BCUT2D eigenvalue weighted by Gasteiger charge is 2.55. The SMILES string of the molecule is NC1C(=O)N2CC(Cl)(C(=O)OCc3ccccc3)CS[C@H]12. The van der Waals surface area contributed by atoms with Gasteiger partial charge < -0.3 is 15.4 Å². The summed E-state index contributed by atoms with van der Waals surface area (Å²) in [5, 5.41) is -0.0636. The molecule has 2 saturated heterocycles. The molecule has 1 aromatic rings. The Morgan fingerprint density at radius 1 is 1.48 bits per heavy atom. The van der Waals surface area contributed by atoms with Crippen LogP contribution in [0.2, 0.25) is 0 Å². The number of hydrogen-bond donors (Lipinski definition) is 1. The minimum atomic E-state index is -1.19. The van der Waals surface area contributed by atoms with Gasteiger partial charge in [-0.25, -0.2) is 0 Å². The van der Waals surface area contributed by atoms with Gasteiger partial charge in [-0.15, -0.1) is 23.4 Å². The van der Waals surface area contributed by atoms with Crippen LogP contribution in [0.15, 0.2) is 30.3 Å². The lowest BCUT2D eigenvalue weighted by Gasteiger charge is -2.51. The third kappa shape index (κ3) is 2.63. The molecule has 2 unspecified atom stereocenters. The van der Waals surface area contributed by atoms with Crippen LogP contribution < -0.4 is 5.73 Å². The van der Waals surface area contributed by atoms with Crippen molar-refractivity contribution in [3.63, 3.8) is 0 Å². The van der Waals surface area contributed by atoms with Gasteiger partial charge in [0.15, 0.2) is 4.87 Å². The lowest BCUT2D eigenvalue weighted by molar-refractivity contribution is -0.152. The zero-order chi connectivity index (χ0) is 15.0. The van der Waals surface area contributed by atoms with Gasteiger partial charge in [-0.2, -0.15) is 0 Å². The Kier molecular flexibility index (Phi) is 3.86. The van der Waals surface area contributed by atoms with E-state index in [0.29, 0.717) is 5.75 Å². The van der Waals surface area contributed by atoms with Crippen LogP contribution in [0.1, 0.15) is 5.56 Å². The zero-order valence-corrected chi connectivity index (χ0v) is 12.8. The summed E-state index contributed by atoms with van der Waals surface area (Å²) in [5.41, 5.74) is 6.60. The fourth-order valence-electron chi connectivity index (χ4n) is 2.42. The number of alkyl halides is 1. The predicted molar refractivity (Wildman–Crippen MR) is 80.8 cm³/mol. The standard InChI is InChI=1S/C14H15ClN2O3S/c15-14(7-17-11(18)10(16)12(17)21-8-14)13(19)20-6-9-4-2-1-3-5-9/h1-5,10,12H,6-8,16H2/t10?,12-,14?/m1/s1. The summed E-state index contributed by atoms with van der Waals surface area (Å²) < 4.78 is 5.29. The van der Waals surface area contributed by atoms with E-state index < -0.39 is 16.9 Å². The van der Waals surface area contributed by atoms with Gasteiger partial charge in [0.05, 0.1) is 6.54 Å². The largest absolute Gasteiger partial charge is 0.459 e. The van der Waals surface area contributed by atoms with Gasteiger partial charge in [-0.05, 0) is 5.56 Å². The highest BCUT2D eigenvalue weighted by molar-refractivity contribution is 8.00. The fraction of sp³-hybridized carbons (Fsp3) is 0.429. The van der Waals surface area contributed by atoms with Crippen molar-refractivity contribution in [3.8, 4) is 0 Å². The van der Waals surface area contributed by atoms with Crippen LogP contribution in [-0.2, 0) is 20.9 Å². The van der Waals surface area contributed by atoms with Gasteiger partial charge in [0, 0.05) is 5.75 Å². The lowest BCUT2D eigenvalue weighted by atomic mass is 10.0. The van der Waals surface area contributed by atoms with Gasteiger partial charge in [0.2, 0.25) is 5.91 Å². The Morgan fingerprint density at radius 2 is 2.19 bits per heavy atom. The number of nitrogens with two attached hydrogens (primary N) is 1. The molecule has 1 aromatic carbocycles. The molecule has 0 bridgehead atoms. The molecule has 2 fully saturated rings. The van der Waals surface area contributed by atoms with Crippen LogP contribution in [0.3, 0.4) is 0 Å². The summed E-state index contributed by atoms with van der Waals surface area (Å²) in [6.07, 6.45) is 0. The maximum Gasteiger partial charge on any atom is 0.330 e. The first-order valence-electron chi connectivity index (χ1n) is 6.59. The molecule has 7 heteroatoms. The number of halogens is 1. The van der Waals surface area contributed by atoms with Crippen molar-refractivity contribution in [2.24, 2.45) is 5.73 Å². The number of carbonyl (C=O) groups is 2. The first-order valence-corrected chi connectivity index (χ1v) is 8.02. The van der Waals surface area contributed by atoms with Gasteiger partial charge in [-0.1, -0.05) is 30.3 Å². The number of carbonyl (C=O) groups excluding carboxylic acids is 2. The van der Waals surface area contributed by atoms with Crippen molar-refractivity contribution in [1.29, 1.82) is 0 Å². The van der Waals surface area contributed by atoms with Gasteiger partial charge in [0.25, 0.3) is 0 Å². The number of nitrogens with zero attached hydrogens (tertiary/aromatic N) is 1. The summed E-state index contributed by atoms with van der Waals surface area (Å²) in [5.74, 6) is -0.259. The number of rotatable bonds is 3. The van der Waals surface area contributed by atoms with Crippen LogP contribution in [0.5, 0.6) is 0 Å². The van der Waals surface area contributed by atoms with Crippen LogP contribution >= 0.6 is 23.4 Å². The highest BCUT2D eigenvalue weighted by atomic mass is 35.5. The van der Waals surface area contributed by atoms with Crippen molar-refractivity contribution < 1.29 is 14.3 Å². The summed E-state index contributed by atoms with van der Waals surface area (Å²) in [7, 11) is 0.